The Morgan fingerprint density at radius 3 is 2.28 bits per heavy atom. The van der Waals surface area contributed by atoms with Crippen molar-refractivity contribution in [3.8, 4) is 5.75 Å². The lowest BCUT2D eigenvalue weighted by Gasteiger charge is -2.23. The van der Waals surface area contributed by atoms with Crippen molar-refractivity contribution in [3.63, 3.8) is 0 Å². The third kappa shape index (κ3) is 8.43. The maximum atomic E-state index is 12.5. The summed E-state index contributed by atoms with van der Waals surface area (Å²) in [6.45, 7) is 8.22. The highest BCUT2D eigenvalue weighted by Gasteiger charge is 2.14. The van der Waals surface area contributed by atoms with E-state index in [-0.39, 0.29) is 11.8 Å². The highest BCUT2D eigenvalue weighted by molar-refractivity contribution is 5.94. The predicted molar refractivity (Wildman–Crippen MR) is 128 cm³/mol. The molecule has 0 fully saturated rings. The number of nitrogen functional groups attached to an aromatic ring is 1. The van der Waals surface area contributed by atoms with Crippen molar-refractivity contribution >= 4 is 17.5 Å². The molecule has 5 N–H and O–H groups in total. The van der Waals surface area contributed by atoms with Crippen molar-refractivity contribution in [3.05, 3.63) is 71.8 Å². The highest BCUT2D eigenvalue weighted by Crippen LogP contribution is 2.12. The predicted octanol–water partition coefficient (Wildman–Crippen LogP) is 3.11. The van der Waals surface area contributed by atoms with Crippen molar-refractivity contribution in [2.24, 2.45) is 5.73 Å². The summed E-state index contributed by atoms with van der Waals surface area (Å²) in [6, 6.07) is 14.5. The van der Waals surface area contributed by atoms with E-state index in [1.807, 2.05) is 24.3 Å². The zero-order chi connectivity index (χ0) is 23.3. The van der Waals surface area contributed by atoms with Crippen LogP contribution in [-0.4, -0.2) is 43.0 Å². The van der Waals surface area contributed by atoms with Gasteiger partial charge < -0.3 is 26.4 Å². The summed E-state index contributed by atoms with van der Waals surface area (Å²) in [4.78, 5) is 26.4. The molecule has 0 unspecified atom stereocenters. The molecule has 172 valence electrons. The van der Waals surface area contributed by atoms with Crippen LogP contribution in [-0.2, 0) is 11.3 Å². The Morgan fingerprint density at radius 2 is 1.66 bits per heavy atom. The van der Waals surface area contributed by atoms with E-state index >= 15 is 0 Å². The summed E-state index contributed by atoms with van der Waals surface area (Å²) in [7, 11) is 0. The van der Waals surface area contributed by atoms with Crippen molar-refractivity contribution in [2.75, 3.05) is 32.0 Å². The Morgan fingerprint density at radius 1 is 1.00 bits per heavy atom. The molecule has 7 nitrogen and oxygen atoms in total. The van der Waals surface area contributed by atoms with E-state index in [0.29, 0.717) is 56.0 Å². The lowest BCUT2D eigenvalue weighted by Crippen LogP contribution is -2.35. The minimum atomic E-state index is -0.153. The van der Waals surface area contributed by atoms with Gasteiger partial charge in [-0.3, -0.25) is 9.59 Å². The van der Waals surface area contributed by atoms with Crippen LogP contribution >= 0.6 is 0 Å². The van der Waals surface area contributed by atoms with E-state index in [4.69, 9.17) is 16.2 Å². The molecular formula is C25H34N4O3. The largest absolute Gasteiger partial charge is 0.494 e. The van der Waals surface area contributed by atoms with E-state index in [0.717, 1.165) is 24.2 Å². The molecule has 32 heavy (non-hydrogen) atoms. The number of ether oxygens (including phenoxy) is 1. The molecule has 0 atom stereocenters. The minimum absolute atomic E-state index is 0.0619. The average Bonchev–Trinajstić information content (AvgIpc) is 2.80. The molecule has 0 radical (unpaired) electrons. The van der Waals surface area contributed by atoms with Gasteiger partial charge in [-0.05, 0) is 68.1 Å². The summed E-state index contributed by atoms with van der Waals surface area (Å²) in [6.07, 6.45) is 2.30. The van der Waals surface area contributed by atoms with Crippen LogP contribution in [0.5, 0.6) is 5.75 Å². The molecule has 0 aromatic heterocycles. The second-order valence-corrected chi connectivity index (χ2v) is 7.71. The quantitative estimate of drug-likeness (QED) is 0.253. The van der Waals surface area contributed by atoms with Crippen LogP contribution < -0.4 is 21.5 Å². The van der Waals surface area contributed by atoms with Crippen LogP contribution in [0.15, 0.2) is 60.7 Å². The maximum Gasteiger partial charge on any atom is 0.251 e. The summed E-state index contributed by atoms with van der Waals surface area (Å²) < 4.78 is 5.75. The van der Waals surface area contributed by atoms with Crippen LogP contribution in [0.1, 0.15) is 42.1 Å². The van der Waals surface area contributed by atoms with E-state index in [1.165, 1.54) is 0 Å². The van der Waals surface area contributed by atoms with Gasteiger partial charge >= 0.3 is 0 Å². The number of nitrogens with one attached hydrogen (secondary N) is 1. The molecule has 2 rings (SSSR count). The number of carbonyl (C=O) groups excluding carboxylic acids is 2. The zero-order valence-corrected chi connectivity index (χ0v) is 18.8. The van der Waals surface area contributed by atoms with Gasteiger partial charge in [-0.15, -0.1) is 0 Å². The van der Waals surface area contributed by atoms with Gasteiger partial charge in [0, 0.05) is 43.0 Å². The van der Waals surface area contributed by atoms with Crippen LogP contribution in [0.4, 0.5) is 5.69 Å². The van der Waals surface area contributed by atoms with Crippen molar-refractivity contribution in [1.82, 2.24) is 10.2 Å². The molecule has 0 heterocycles. The van der Waals surface area contributed by atoms with Crippen LogP contribution in [0.25, 0.3) is 0 Å². The fraction of sp³-hybridized carbons (Fsp3) is 0.360. The van der Waals surface area contributed by atoms with Crippen molar-refractivity contribution in [1.29, 1.82) is 0 Å². The Balaban J connectivity index is 1.70. The topological polar surface area (TPSA) is 111 Å². The van der Waals surface area contributed by atoms with Crippen molar-refractivity contribution < 1.29 is 14.3 Å². The zero-order valence-electron chi connectivity index (χ0n) is 18.8. The second-order valence-electron chi connectivity index (χ2n) is 7.71. The number of rotatable bonds is 13. The Labute approximate surface area is 190 Å². The number of amides is 2. The molecular weight excluding hydrogens is 404 g/mol. The summed E-state index contributed by atoms with van der Waals surface area (Å²) in [5.74, 6) is 0.599. The lowest BCUT2D eigenvalue weighted by atomic mass is 10.2. The van der Waals surface area contributed by atoms with Gasteiger partial charge in [-0.1, -0.05) is 18.7 Å². The van der Waals surface area contributed by atoms with Gasteiger partial charge in [0.1, 0.15) is 5.75 Å². The molecule has 2 amide bonds. The normalized spacial score (nSPS) is 10.4. The van der Waals surface area contributed by atoms with E-state index in [1.54, 1.807) is 36.1 Å². The molecule has 7 heteroatoms. The first-order valence-corrected chi connectivity index (χ1v) is 10.9. The molecule has 0 saturated carbocycles. The SMILES string of the molecule is C=C(C)C(=O)N(CCCCOc1ccc(CN)cc1)CCCNC(=O)c1ccc(N)cc1. The number of hydrogen-bond donors (Lipinski definition) is 3. The van der Waals surface area contributed by atoms with E-state index in [2.05, 4.69) is 11.9 Å². The second kappa shape index (κ2) is 13.2. The number of benzene rings is 2. The van der Waals surface area contributed by atoms with E-state index < -0.39 is 0 Å². The van der Waals surface area contributed by atoms with Gasteiger partial charge in [0.15, 0.2) is 0 Å². The molecule has 0 bridgehead atoms. The van der Waals surface area contributed by atoms with E-state index in [9.17, 15) is 9.59 Å². The molecule has 0 aliphatic carbocycles. The molecule has 0 aliphatic rings. The third-order valence-corrected chi connectivity index (χ3v) is 4.97. The lowest BCUT2D eigenvalue weighted by molar-refractivity contribution is -0.127. The van der Waals surface area contributed by atoms with Crippen LogP contribution in [0.2, 0.25) is 0 Å². The number of unbranched alkanes of at least 4 members (excludes halogenated alkanes) is 1. The summed E-state index contributed by atoms with van der Waals surface area (Å²) in [5, 5.41) is 2.88. The summed E-state index contributed by atoms with van der Waals surface area (Å²) >= 11 is 0. The molecule has 2 aromatic carbocycles. The summed E-state index contributed by atoms with van der Waals surface area (Å²) in [5.41, 5.74) is 14.0. The smallest absolute Gasteiger partial charge is 0.251 e. The van der Waals surface area contributed by atoms with Crippen LogP contribution in [0, 0.1) is 0 Å². The average molecular weight is 439 g/mol. The first-order chi connectivity index (χ1) is 15.4. The van der Waals surface area contributed by atoms with Gasteiger partial charge in [0.25, 0.3) is 5.91 Å². The number of hydrogen-bond acceptors (Lipinski definition) is 5. The van der Waals surface area contributed by atoms with Crippen molar-refractivity contribution in [2.45, 2.75) is 32.7 Å². The number of nitrogens with zero attached hydrogens (tertiary/aromatic N) is 1. The first kappa shape index (κ1) is 24.9. The first-order valence-electron chi connectivity index (χ1n) is 10.9. The molecule has 0 spiro atoms. The standard InChI is InChI=1S/C25H34N4O3/c1-19(2)25(31)29(15-3-4-17-32-23-12-6-20(18-26)7-13-23)16-5-14-28-24(30)21-8-10-22(27)11-9-21/h6-13H,1,3-5,14-18,26-27H2,2H3,(H,28,30). The minimum Gasteiger partial charge on any atom is -0.494 e. The number of anilines is 1. The number of nitrogens with two attached hydrogens (primary N) is 2. The van der Waals surface area contributed by atoms with Gasteiger partial charge in [-0.2, -0.15) is 0 Å². The Kier molecular flexibility index (Phi) is 10.3. The fourth-order valence-corrected chi connectivity index (χ4v) is 3.11. The third-order valence-electron chi connectivity index (χ3n) is 4.97. The molecule has 2 aromatic rings. The monoisotopic (exact) mass is 438 g/mol. The molecule has 0 saturated heterocycles. The Hall–Kier alpha value is -3.32. The van der Waals surface area contributed by atoms with Gasteiger partial charge in [0.05, 0.1) is 6.61 Å². The number of carbonyl (C=O) groups is 2. The van der Waals surface area contributed by atoms with Gasteiger partial charge in [0.2, 0.25) is 5.91 Å². The molecule has 0 aliphatic heterocycles. The highest BCUT2D eigenvalue weighted by atomic mass is 16.5. The maximum absolute atomic E-state index is 12.5. The Bertz CT molecular complexity index is 879. The van der Waals surface area contributed by atoms with Crippen LogP contribution in [0.3, 0.4) is 0 Å². The fourth-order valence-electron chi connectivity index (χ4n) is 3.11. The van der Waals surface area contributed by atoms with Gasteiger partial charge in [-0.25, -0.2) is 0 Å².